The van der Waals surface area contributed by atoms with Gasteiger partial charge in [-0.05, 0) is 18.4 Å². The van der Waals surface area contributed by atoms with Crippen molar-refractivity contribution in [1.29, 1.82) is 0 Å². The van der Waals surface area contributed by atoms with Gasteiger partial charge in [-0.1, -0.05) is 29.9 Å². The molecule has 0 saturated heterocycles. The van der Waals surface area contributed by atoms with E-state index in [1.54, 1.807) is 0 Å². The van der Waals surface area contributed by atoms with Crippen LogP contribution in [0.25, 0.3) is 0 Å². The minimum atomic E-state index is -0.0962. The summed E-state index contributed by atoms with van der Waals surface area (Å²) in [7, 11) is 0. The van der Waals surface area contributed by atoms with E-state index in [-0.39, 0.29) is 17.6 Å². The minimum Gasteiger partial charge on any atom is -0.352 e. The Bertz CT molecular complexity index is 461. The quantitative estimate of drug-likeness (QED) is 0.747. The molecule has 19 heavy (non-hydrogen) atoms. The van der Waals surface area contributed by atoms with Crippen LogP contribution >= 0.6 is 0 Å². The molecule has 2 aliphatic rings. The molecule has 0 spiro atoms. The van der Waals surface area contributed by atoms with Crippen molar-refractivity contribution in [2.24, 2.45) is 11.7 Å². The van der Waals surface area contributed by atoms with Crippen molar-refractivity contribution in [3.05, 3.63) is 35.5 Å². The molecule has 0 fully saturated rings. The van der Waals surface area contributed by atoms with Gasteiger partial charge in [0.25, 0.3) is 0 Å². The summed E-state index contributed by atoms with van der Waals surface area (Å²) in [6.45, 7) is 1.08. The highest BCUT2D eigenvalue weighted by atomic mass is 16.1. The summed E-state index contributed by atoms with van der Waals surface area (Å²) < 4.78 is 0. The maximum atomic E-state index is 12.0. The Labute approximate surface area is 113 Å². The van der Waals surface area contributed by atoms with Gasteiger partial charge in [-0.25, -0.2) is 0 Å². The number of hydrogen-bond acceptors (Lipinski definition) is 3. The van der Waals surface area contributed by atoms with Crippen molar-refractivity contribution in [1.82, 2.24) is 5.32 Å². The summed E-state index contributed by atoms with van der Waals surface area (Å²) >= 11 is 0. The number of ketones is 1. The second kappa shape index (κ2) is 6.48. The summed E-state index contributed by atoms with van der Waals surface area (Å²) in [5, 5.41) is 2.94. The van der Waals surface area contributed by atoms with Gasteiger partial charge >= 0.3 is 0 Å². The second-order valence-corrected chi connectivity index (χ2v) is 5.01. The molecule has 1 unspecified atom stereocenters. The van der Waals surface area contributed by atoms with Crippen molar-refractivity contribution in [3.63, 3.8) is 0 Å². The standard InChI is InChI=1S/C15H20N2O2/c16-9-11-1-5-13(6-2-11)15(19)17-10-12-3-7-14(18)8-4-12/h1-3,5,13H,4,6-10,16H2,(H,17,19). The van der Waals surface area contributed by atoms with Gasteiger partial charge in [-0.2, -0.15) is 0 Å². The molecule has 0 aromatic heterocycles. The summed E-state index contributed by atoms with van der Waals surface area (Å²) in [6.07, 6.45) is 10.4. The summed E-state index contributed by atoms with van der Waals surface area (Å²) in [4.78, 5) is 23.1. The van der Waals surface area contributed by atoms with E-state index in [2.05, 4.69) is 5.32 Å². The van der Waals surface area contributed by atoms with Gasteiger partial charge in [0.15, 0.2) is 0 Å². The maximum Gasteiger partial charge on any atom is 0.227 e. The molecule has 102 valence electrons. The number of amides is 1. The Morgan fingerprint density at radius 1 is 1.37 bits per heavy atom. The molecule has 1 amide bonds. The largest absolute Gasteiger partial charge is 0.352 e. The molecule has 0 radical (unpaired) electrons. The van der Waals surface area contributed by atoms with Crippen LogP contribution in [0.3, 0.4) is 0 Å². The molecular formula is C15H20N2O2. The van der Waals surface area contributed by atoms with E-state index in [4.69, 9.17) is 5.73 Å². The number of carbonyl (C=O) groups excluding carboxylic acids is 2. The average molecular weight is 260 g/mol. The zero-order valence-electron chi connectivity index (χ0n) is 11.0. The molecular weight excluding hydrogens is 240 g/mol. The fourth-order valence-electron chi connectivity index (χ4n) is 2.27. The van der Waals surface area contributed by atoms with Crippen LogP contribution in [-0.4, -0.2) is 24.8 Å². The Morgan fingerprint density at radius 3 is 2.79 bits per heavy atom. The predicted molar refractivity (Wildman–Crippen MR) is 74.3 cm³/mol. The molecule has 2 aliphatic carbocycles. The van der Waals surface area contributed by atoms with E-state index in [1.165, 1.54) is 0 Å². The van der Waals surface area contributed by atoms with E-state index in [0.29, 0.717) is 32.4 Å². The molecule has 0 aromatic carbocycles. The van der Waals surface area contributed by atoms with E-state index in [1.807, 2.05) is 24.3 Å². The predicted octanol–water partition coefficient (Wildman–Crippen LogP) is 1.24. The van der Waals surface area contributed by atoms with Crippen LogP contribution in [-0.2, 0) is 9.59 Å². The van der Waals surface area contributed by atoms with Crippen molar-refractivity contribution in [2.75, 3.05) is 13.1 Å². The first kappa shape index (κ1) is 13.7. The second-order valence-electron chi connectivity index (χ2n) is 5.01. The van der Waals surface area contributed by atoms with Crippen LogP contribution in [0.15, 0.2) is 35.5 Å². The van der Waals surface area contributed by atoms with Crippen LogP contribution in [0, 0.1) is 5.92 Å². The number of allylic oxidation sites excluding steroid dienone is 2. The molecule has 0 aromatic rings. The third-order valence-electron chi connectivity index (χ3n) is 3.58. The Balaban J connectivity index is 1.78. The fraction of sp³-hybridized carbons (Fsp3) is 0.467. The molecule has 0 heterocycles. The van der Waals surface area contributed by atoms with Gasteiger partial charge in [0, 0.05) is 25.9 Å². The molecule has 0 aliphatic heterocycles. The summed E-state index contributed by atoms with van der Waals surface area (Å²) in [6, 6.07) is 0. The number of hydrogen-bond donors (Lipinski definition) is 2. The van der Waals surface area contributed by atoms with Gasteiger partial charge in [-0.15, -0.1) is 0 Å². The first-order valence-electron chi connectivity index (χ1n) is 6.73. The summed E-state index contributed by atoms with van der Waals surface area (Å²) in [5.74, 6) is 0.229. The van der Waals surface area contributed by atoms with Crippen LogP contribution < -0.4 is 11.1 Å². The van der Waals surface area contributed by atoms with E-state index in [0.717, 1.165) is 17.6 Å². The topological polar surface area (TPSA) is 72.2 Å². The lowest BCUT2D eigenvalue weighted by Gasteiger charge is -2.17. The molecule has 2 rings (SSSR count). The molecule has 0 saturated carbocycles. The first-order valence-corrected chi connectivity index (χ1v) is 6.73. The Morgan fingerprint density at radius 2 is 2.21 bits per heavy atom. The Hall–Kier alpha value is -1.68. The number of nitrogens with one attached hydrogen (secondary N) is 1. The van der Waals surface area contributed by atoms with Crippen LogP contribution in [0.5, 0.6) is 0 Å². The normalized spacial score (nSPS) is 22.8. The summed E-state index contributed by atoms with van der Waals surface area (Å²) in [5.41, 5.74) is 7.78. The highest BCUT2D eigenvalue weighted by molar-refractivity contribution is 5.82. The number of rotatable bonds is 4. The van der Waals surface area contributed by atoms with Gasteiger partial charge < -0.3 is 11.1 Å². The molecule has 0 bridgehead atoms. The smallest absolute Gasteiger partial charge is 0.227 e. The third-order valence-corrected chi connectivity index (χ3v) is 3.58. The number of nitrogens with two attached hydrogens (primary N) is 1. The average Bonchev–Trinajstić information content (AvgIpc) is 2.46. The third kappa shape index (κ3) is 3.89. The van der Waals surface area contributed by atoms with Crippen LogP contribution in [0.4, 0.5) is 0 Å². The van der Waals surface area contributed by atoms with Crippen molar-refractivity contribution in [2.45, 2.75) is 25.7 Å². The van der Waals surface area contributed by atoms with E-state index >= 15 is 0 Å². The van der Waals surface area contributed by atoms with Crippen molar-refractivity contribution in [3.8, 4) is 0 Å². The lowest BCUT2D eigenvalue weighted by molar-refractivity contribution is -0.123. The van der Waals surface area contributed by atoms with Gasteiger partial charge in [0.05, 0.1) is 5.92 Å². The monoisotopic (exact) mass is 260 g/mol. The van der Waals surface area contributed by atoms with Crippen molar-refractivity contribution >= 4 is 11.7 Å². The van der Waals surface area contributed by atoms with Gasteiger partial charge in [-0.3, -0.25) is 9.59 Å². The highest BCUT2D eigenvalue weighted by Gasteiger charge is 2.17. The minimum absolute atomic E-state index is 0.0429. The van der Waals surface area contributed by atoms with Crippen molar-refractivity contribution < 1.29 is 9.59 Å². The molecule has 4 nitrogen and oxygen atoms in total. The number of Topliss-reactive ketones (excluding diaryl/α,β-unsaturated/α-hetero) is 1. The van der Waals surface area contributed by atoms with Gasteiger partial charge in [0.2, 0.25) is 5.91 Å². The lowest BCUT2D eigenvalue weighted by atomic mass is 9.95. The maximum absolute atomic E-state index is 12.0. The van der Waals surface area contributed by atoms with Crippen LogP contribution in [0.1, 0.15) is 25.7 Å². The zero-order valence-corrected chi connectivity index (χ0v) is 11.0. The SMILES string of the molecule is NCC1=CCC(C(=O)NCC2=CCC(=O)CC2)C=C1. The highest BCUT2D eigenvalue weighted by Crippen LogP contribution is 2.17. The fourth-order valence-corrected chi connectivity index (χ4v) is 2.27. The first-order chi connectivity index (χ1) is 9.19. The molecule has 1 atom stereocenters. The van der Waals surface area contributed by atoms with Crippen LogP contribution in [0.2, 0.25) is 0 Å². The number of carbonyl (C=O) groups is 2. The van der Waals surface area contributed by atoms with E-state index in [9.17, 15) is 9.59 Å². The zero-order chi connectivity index (χ0) is 13.7. The van der Waals surface area contributed by atoms with E-state index < -0.39 is 0 Å². The molecule has 3 N–H and O–H groups in total. The lowest BCUT2D eigenvalue weighted by Crippen LogP contribution is -2.32. The molecule has 4 heteroatoms. The Kier molecular flexibility index (Phi) is 4.68. The van der Waals surface area contributed by atoms with Gasteiger partial charge in [0.1, 0.15) is 5.78 Å².